The maximum Gasteiger partial charge on any atom is 0.328 e. The molecule has 1 aromatic carbocycles. The van der Waals surface area contributed by atoms with Crippen LogP contribution in [0.15, 0.2) is 41.3 Å². The fraction of sp³-hybridized carbons (Fsp3) is 0.100. The number of H-pyrrole nitrogens is 1. The minimum Gasteiger partial charge on any atom is -0.307 e. The van der Waals surface area contributed by atoms with E-state index in [0.29, 0.717) is 22.1 Å². The maximum absolute atomic E-state index is 14.2. The highest BCUT2D eigenvalue weighted by Crippen LogP contribution is 2.30. The summed E-state index contributed by atoms with van der Waals surface area (Å²) in [4.78, 5) is 39.6. The lowest BCUT2D eigenvalue weighted by Crippen LogP contribution is -2.30. The number of nitrogens with one attached hydrogen (secondary N) is 2. The van der Waals surface area contributed by atoms with E-state index >= 15 is 0 Å². The number of rotatable bonds is 3. The third-order valence-corrected chi connectivity index (χ3v) is 5.23. The molecular weight excluding hydrogens is 422 g/mol. The molecule has 0 saturated heterocycles. The molecule has 6 rings (SSSR count). The van der Waals surface area contributed by atoms with E-state index in [1.54, 1.807) is 18.2 Å². The van der Waals surface area contributed by atoms with Gasteiger partial charge in [0.2, 0.25) is 5.91 Å². The van der Waals surface area contributed by atoms with Gasteiger partial charge in [0, 0.05) is 5.56 Å². The average Bonchev–Trinajstić information content (AvgIpc) is 3.27. The summed E-state index contributed by atoms with van der Waals surface area (Å²) in [7, 11) is 0. The van der Waals surface area contributed by atoms with E-state index in [9.17, 15) is 18.4 Å². The van der Waals surface area contributed by atoms with Crippen molar-refractivity contribution < 1.29 is 13.6 Å². The first-order valence-electron chi connectivity index (χ1n) is 9.54. The SMILES string of the molecule is O=C1Cn2c(=O)[nH]c3nc(-c4nn(Cc5ccccc5F)c5ncc(F)cc45)nc(c32)N1. The van der Waals surface area contributed by atoms with Crippen molar-refractivity contribution in [3.8, 4) is 11.5 Å². The topological polar surface area (TPSA) is 123 Å². The first-order valence-corrected chi connectivity index (χ1v) is 9.54. The average molecular weight is 434 g/mol. The number of benzene rings is 1. The smallest absolute Gasteiger partial charge is 0.307 e. The number of amides is 1. The summed E-state index contributed by atoms with van der Waals surface area (Å²) in [5, 5.41) is 7.39. The molecule has 5 aromatic rings. The molecule has 1 amide bonds. The Hall–Kier alpha value is -4.48. The number of carbonyl (C=O) groups is 1. The summed E-state index contributed by atoms with van der Waals surface area (Å²) in [6, 6.07) is 7.45. The van der Waals surface area contributed by atoms with Gasteiger partial charge in [0.25, 0.3) is 0 Å². The fourth-order valence-corrected chi connectivity index (χ4v) is 3.82. The lowest BCUT2D eigenvalue weighted by molar-refractivity contribution is -0.116. The van der Waals surface area contributed by atoms with Crippen LogP contribution in [0.25, 0.3) is 33.7 Å². The summed E-state index contributed by atoms with van der Waals surface area (Å²) in [6.45, 7) is -0.106. The minimum absolute atomic E-state index is 0.0425. The van der Waals surface area contributed by atoms with Gasteiger partial charge in [-0.1, -0.05) is 18.2 Å². The quantitative estimate of drug-likeness (QED) is 0.447. The minimum atomic E-state index is -0.598. The van der Waals surface area contributed by atoms with E-state index < -0.39 is 23.2 Å². The van der Waals surface area contributed by atoms with E-state index in [0.717, 1.165) is 6.20 Å². The van der Waals surface area contributed by atoms with E-state index in [2.05, 4.69) is 30.4 Å². The second-order valence-corrected chi connectivity index (χ2v) is 7.28. The summed E-state index contributed by atoms with van der Waals surface area (Å²) in [5.74, 6) is -1.23. The standard InChI is InChI=1S/C20H12F2N8O2/c21-10-5-11-14(28-30(19(11)23-6-10)7-9-3-1-2-4-12(9)22)16-25-17-15-18(26-16)27-20(32)29(15)8-13(31)24-17/h1-6H,7-8H2,(H2,24,25,26,27,31,32). The van der Waals surface area contributed by atoms with Gasteiger partial charge in [0.05, 0.1) is 18.1 Å². The Morgan fingerprint density at radius 3 is 2.81 bits per heavy atom. The van der Waals surface area contributed by atoms with E-state index in [4.69, 9.17) is 0 Å². The Balaban J connectivity index is 1.58. The van der Waals surface area contributed by atoms with Gasteiger partial charge in [0.15, 0.2) is 22.9 Å². The van der Waals surface area contributed by atoms with Crippen LogP contribution < -0.4 is 11.0 Å². The fourth-order valence-electron chi connectivity index (χ4n) is 3.82. The van der Waals surface area contributed by atoms with Crippen LogP contribution >= 0.6 is 0 Å². The number of halogens is 2. The molecule has 158 valence electrons. The van der Waals surface area contributed by atoms with Crippen LogP contribution in [-0.4, -0.2) is 40.2 Å². The van der Waals surface area contributed by atoms with Gasteiger partial charge in [-0.25, -0.2) is 33.2 Å². The van der Waals surface area contributed by atoms with Crippen molar-refractivity contribution in [1.29, 1.82) is 0 Å². The number of hydrogen-bond acceptors (Lipinski definition) is 6. The summed E-state index contributed by atoms with van der Waals surface area (Å²) >= 11 is 0. The van der Waals surface area contributed by atoms with E-state index in [-0.39, 0.29) is 36.1 Å². The summed E-state index contributed by atoms with van der Waals surface area (Å²) < 4.78 is 30.9. The second kappa shape index (κ2) is 6.51. The van der Waals surface area contributed by atoms with Crippen molar-refractivity contribution in [3.05, 3.63) is 64.2 Å². The van der Waals surface area contributed by atoms with E-state index in [1.165, 1.54) is 21.4 Å². The predicted octanol–water partition coefficient (Wildman–Crippen LogP) is 1.81. The predicted molar refractivity (Wildman–Crippen MR) is 109 cm³/mol. The zero-order valence-corrected chi connectivity index (χ0v) is 16.1. The van der Waals surface area contributed by atoms with Gasteiger partial charge in [-0.2, -0.15) is 5.10 Å². The van der Waals surface area contributed by atoms with E-state index in [1.807, 2.05) is 0 Å². The number of aromatic amines is 1. The molecule has 0 unspecified atom stereocenters. The highest BCUT2D eigenvalue weighted by atomic mass is 19.1. The number of fused-ring (bicyclic) bond motifs is 1. The number of carbonyl (C=O) groups excluding carboxylic acids is 1. The van der Waals surface area contributed by atoms with Crippen LogP contribution in [0.5, 0.6) is 0 Å². The van der Waals surface area contributed by atoms with Crippen LogP contribution in [0.3, 0.4) is 0 Å². The molecule has 0 aliphatic carbocycles. The first-order chi connectivity index (χ1) is 15.5. The van der Waals surface area contributed by atoms with Crippen LogP contribution in [0.4, 0.5) is 14.6 Å². The Morgan fingerprint density at radius 2 is 1.97 bits per heavy atom. The number of anilines is 1. The molecule has 0 radical (unpaired) electrons. The molecule has 32 heavy (non-hydrogen) atoms. The van der Waals surface area contributed by atoms with Crippen LogP contribution in [0.2, 0.25) is 0 Å². The molecule has 12 heteroatoms. The molecule has 2 N–H and O–H groups in total. The Morgan fingerprint density at radius 1 is 1.12 bits per heavy atom. The second-order valence-electron chi connectivity index (χ2n) is 7.28. The molecule has 10 nitrogen and oxygen atoms in total. The van der Waals surface area contributed by atoms with Crippen LogP contribution in [0.1, 0.15) is 5.56 Å². The summed E-state index contributed by atoms with van der Waals surface area (Å²) in [5.41, 5.74) is 0.917. The lowest BCUT2D eigenvalue weighted by atomic mass is 10.2. The monoisotopic (exact) mass is 434 g/mol. The van der Waals surface area contributed by atoms with Crippen molar-refractivity contribution in [2.45, 2.75) is 13.1 Å². The normalized spacial score (nSPS) is 13.1. The molecule has 0 saturated carbocycles. The van der Waals surface area contributed by atoms with Gasteiger partial charge in [0.1, 0.15) is 29.4 Å². The van der Waals surface area contributed by atoms with Gasteiger partial charge in [-0.3, -0.25) is 14.3 Å². The Bertz CT molecular complexity index is 1630. The highest BCUT2D eigenvalue weighted by Gasteiger charge is 2.26. The molecule has 0 fully saturated rings. The number of hydrogen-bond donors (Lipinski definition) is 2. The first kappa shape index (κ1) is 18.3. The molecular formula is C20H12F2N8O2. The van der Waals surface area contributed by atoms with Crippen molar-refractivity contribution in [1.82, 2.24) is 34.3 Å². The van der Waals surface area contributed by atoms with Crippen LogP contribution in [-0.2, 0) is 17.9 Å². The van der Waals surface area contributed by atoms with Gasteiger partial charge in [-0.05, 0) is 12.1 Å². The van der Waals surface area contributed by atoms with Crippen molar-refractivity contribution in [2.75, 3.05) is 5.32 Å². The summed E-state index contributed by atoms with van der Waals surface area (Å²) in [6.07, 6.45) is 1.04. The number of aromatic nitrogens is 7. The largest absolute Gasteiger partial charge is 0.328 e. The molecule has 0 bridgehead atoms. The Kier molecular flexibility index (Phi) is 3.72. The number of pyridine rings is 1. The van der Waals surface area contributed by atoms with Gasteiger partial charge >= 0.3 is 5.69 Å². The third kappa shape index (κ3) is 2.69. The maximum atomic E-state index is 14.2. The van der Waals surface area contributed by atoms with Gasteiger partial charge in [-0.15, -0.1) is 0 Å². The molecule has 5 heterocycles. The number of imidazole rings is 1. The molecule has 0 spiro atoms. The molecule has 0 atom stereocenters. The lowest BCUT2D eigenvalue weighted by Gasteiger charge is -2.14. The molecule has 1 aliphatic heterocycles. The number of nitrogens with zero attached hydrogens (tertiary/aromatic N) is 6. The highest BCUT2D eigenvalue weighted by molar-refractivity contribution is 6.01. The zero-order chi connectivity index (χ0) is 22.0. The van der Waals surface area contributed by atoms with Crippen molar-refractivity contribution in [3.63, 3.8) is 0 Å². The van der Waals surface area contributed by atoms with Crippen molar-refractivity contribution >= 4 is 33.9 Å². The van der Waals surface area contributed by atoms with Crippen LogP contribution in [0, 0.1) is 11.6 Å². The third-order valence-electron chi connectivity index (χ3n) is 5.23. The van der Waals surface area contributed by atoms with Gasteiger partial charge < -0.3 is 5.32 Å². The van der Waals surface area contributed by atoms with Crippen molar-refractivity contribution in [2.24, 2.45) is 0 Å². The zero-order valence-electron chi connectivity index (χ0n) is 16.1. The Labute approximate surface area is 176 Å². The molecule has 4 aromatic heterocycles. The molecule has 1 aliphatic rings.